The first-order valence-electron chi connectivity index (χ1n) is 13.1. The van der Waals surface area contributed by atoms with Gasteiger partial charge in [0.1, 0.15) is 5.69 Å². The van der Waals surface area contributed by atoms with Gasteiger partial charge in [0, 0.05) is 42.1 Å². The van der Waals surface area contributed by atoms with Crippen LogP contribution < -0.4 is 0 Å². The van der Waals surface area contributed by atoms with Crippen molar-refractivity contribution >= 4 is 22.6 Å². The highest BCUT2D eigenvalue weighted by Crippen LogP contribution is 2.36. The van der Waals surface area contributed by atoms with Gasteiger partial charge in [-0.2, -0.15) is 5.10 Å². The Hall–Kier alpha value is -2.70. The Balaban J connectivity index is 0.000000163. The zero-order chi connectivity index (χ0) is 26.7. The van der Waals surface area contributed by atoms with Crippen LogP contribution in [-0.2, 0) is 26.1 Å². The van der Waals surface area contributed by atoms with Crippen LogP contribution in [0.5, 0.6) is 0 Å². The highest BCUT2D eigenvalue weighted by Gasteiger charge is 2.45. The van der Waals surface area contributed by atoms with Gasteiger partial charge >= 0.3 is 0 Å². The molecule has 1 aromatic carbocycles. The number of carbonyl (C=O) groups is 2. The van der Waals surface area contributed by atoms with Gasteiger partial charge in [-0.25, -0.2) is 8.78 Å². The molecule has 1 N–H and O–H groups in total. The zero-order valence-electron chi connectivity index (χ0n) is 21.3. The van der Waals surface area contributed by atoms with Crippen LogP contribution in [0.2, 0.25) is 0 Å². The van der Waals surface area contributed by atoms with E-state index in [1.165, 1.54) is 24.2 Å². The molecule has 6 rings (SSSR count). The monoisotopic (exact) mass is 549 g/mol. The predicted molar refractivity (Wildman–Crippen MR) is 137 cm³/mol. The molecular weight excluding hydrogens is 516 g/mol. The van der Waals surface area contributed by atoms with Gasteiger partial charge in [0.15, 0.2) is 0 Å². The number of nitrogens with zero attached hydrogens (tertiary/aromatic N) is 4. The third kappa shape index (κ3) is 5.97. The maximum Gasteiger partial charge on any atom is 0.282 e. The van der Waals surface area contributed by atoms with E-state index in [-0.39, 0.29) is 24.9 Å². The van der Waals surface area contributed by atoms with Crippen LogP contribution in [0.25, 0.3) is 11.3 Å². The molecule has 0 aliphatic carbocycles. The molecule has 0 radical (unpaired) electrons. The second-order valence-corrected chi connectivity index (χ2v) is 11.5. The minimum Gasteiger partial charge on any atom is -0.378 e. The van der Waals surface area contributed by atoms with Gasteiger partial charge < -0.3 is 19.4 Å². The molecule has 0 bridgehead atoms. The molecule has 1 aromatic heterocycles. The molecule has 4 aliphatic rings. The second kappa shape index (κ2) is 11.6. The normalized spacial score (nSPS) is 22.4. The molecule has 0 spiro atoms. The summed E-state index contributed by atoms with van der Waals surface area (Å²) in [6.45, 7) is 4.30. The van der Waals surface area contributed by atoms with E-state index >= 15 is 0 Å². The molecule has 5 heterocycles. The summed E-state index contributed by atoms with van der Waals surface area (Å²) >= 11 is 0. The number of fused-ring (bicyclic) bond motifs is 3. The second-order valence-electron chi connectivity index (χ2n) is 10.1. The first-order valence-corrected chi connectivity index (χ1v) is 14.4. The molecule has 2 amide bonds. The van der Waals surface area contributed by atoms with E-state index in [0.29, 0.717) is 44.2 Å². The van der Waals surface area contributed by atoms with Crippen molar-refractivity contribution in [2.45, 2.75) is 42.3 Å². The first kappa shape index (κ1) is 26.9. The lowest BCUT2D eigenvalue weighted by molar-refractivity contribution is -0.166. The summed E-state index contributed by atoms with van der Waals surface area (Å²) in [4.78, 5) is 30.2. The van der Waals surface area contributed by atoms with Crippen LogP contribution in [0.4, 0.5) is 8.78 Å². The zero-order valence-corrected chi connectivity index (χ0v) is 22.1. The van der Waals surface area contributed by atoms with Crippen molar-refractivity contribution < 1.29 is 27.3 Å². The smallest absolute Gasteiger partial charge is 0.282 e. The summed E-state index contributed by atoms with van der Waals surface area (Å²) in [6, 6.07) is 7.51. The number of amides is 2. The number of ether oxygens (including phenoxy) is 1. The van der Waals surface area contributed by atoms with Gasteiger partial charge in [-0.05, 0) is 32.0 Å². The molecule has 3 saturated heterocycles. The summed E-state index contributed by atoms with van der Waals surface area (Å²) in [5.41, 5.74) is 2.81. The van der Waals surface area contributed by atoms with Crippen LogP contribution in [0.1, 0.15) is 41.7 Å². The van der Waals surface area contributed by atoms with E-state index in [2.05, 4.69) is 15.1 Å². The summed E-state index contributed by atoms with van der Waals surface area (Å²) in [5.74, 6) is -2.53. The maximum atomic E-state index is 12.7. The SMILES string of the molecule is O=C(CCN1CCCCC1)N1CC(F)(F)C1.O=C(c1[nH]nc2c1CS(=O)c1ccccc1-2)N1CCOCC1. The van der Waals surface area contributed by atoms with E-state index in [9.17, 15) is 22.6 Å². The number of hydrogen-bond donors (Lipinski definition) is 1. The van der Waals surface area contributed by atoms with E-state index < -0.39 is 16.7 Å². The lowest BCUT2D eigenvalue weighted by Gasteiger charge is -2.39. The molecule has 2 aromatic rings. The van der Waals surface area contributed by atoms with Crippen LogP contribution in [-0.4, -0.2) is 106 Å². The van der Waals surface area contributed by atoms with E-state index in [4.69, 9.17) is 4.74 Å². The number of alkyl halides is 2. The highest BCUT2D eigenvalue weighted by atomic mass is 32.2. The van der Waals surface area contributed by atoms with Crippen molar-refractivity contribution in [2.75, 3.05) is 59.0 Å². The molecule has 0 saturated carbocycles. The van der Waals surface area contributed by atoms with Crippen LogP contribution >= 0.6 is 0 Å². The molecule has 3 fully saturated rings. The minimum absolute atomic E-state index is 0.0894. The fourth-order valence-corrected chi connectivity index (χ4v) is 6.52. The Morgan fingerprint density at radius 2 is 1.74 bits per heavy atom. The third-order valence-electron chi connectivity index (χ3n) is 7.33. The molecule has 206 valence electrons. The topological polar surface area (TPSA) is 98.8 Å². The summed E-state index contributed by atoms with van der Waals surface area (Å²) in [7, 11) is -1.14. The van der Waals surface area contributed by atoms with Gasteiger partial charge in [-0.3, -0.25) is 18.9 Å². The Bertz CT molecular complexity index is 1190. The lowest BCUT2D eigenvalue weighted by Crippen LogP contribution is -2.58. The number of benzene rings is 1. The van der Waals surface area contributed by atoms with Gasteiger partial charge in [0.2, 0.25) is 5.91 Å². The molecule has 1 unspecified atom stereocenters. The number of H-pyrrole nitrogens is 1. The Morgan fingerprint density at radius 1 is 1.03 bits per heavy atom. The van der Waals surface area contributed by atoms with Gasteiger partial charge in [0.05, 0.1) is 48.5 Å². The van der Waals surface area contributed by atoms with Crippen molar-refractivity contribution in [1.82, 2.24) is 24.9 Å². The first-order chi connectivity index (χ1) is 18.3. The highest BCUT2D eigenvalue weighted by molar-refractivity contribution is 7.84. The van der Waals surface area contributed by atoms with Crippen molar-refractivity contribution in [2.24, 2.45) is 0 Å². The number of carbonyl (C=O) groups excluding carboxylic acids is 2. The molecule has 12 heteroatoms. The number of aromatic amines is 1. The number of nitrogens with one attached hydrogen (secondary N) is 1. The molecule has 4 aliphatic heterocycles. The molecule has 1 atom stereocenters. The fraction of sp³-hybridized carbons (Fsp3) is 0.577. The van der Waals surface area contributed by atoms with E-state index in [1.807, 2.05) is 24.3 Å². The third-order valence-corrected chi connectivity index (χ3v) is 8.73. The van der Waals surface area contributed by atoms with Crippen LogP contribution in [0.15, 0.2) is 29.2 Å². The number of likely N-dealkylation sites (tertiary alicyclic amines) is 2. The van der Waals surface area contributed by atoms with Crippen molar-refractivity contribution in [3.8, 4) is 11.3 Å². The van der Waals surface area contributed by atoms with Gasteiger partial charge in [-0.1, -0.05) is 24.6 Å². The number of piperidine rings is 1. The number of morpholine rings is 1. The summed E-state index contributed by atoms with van der Waals surface area (Å²) < 4.78 is 42.8. The van der Waals surface area contributed by atoms with Crippen molar-refractivity contribution in [3.63, 3.8) is 0 Å². The average molecular weight is 550 g/mol. The minimum atomic E-state index is -2.64. The van der Waals surface area contributed by atoms with E-state index in [0.717, 1.165) is 41.4 Å². The van der Waals surface area contributed by atoms with Crippen LogP contribution in [0.3, 0.4) is 0 Å². The Kier molecular flexibility index (Phi) is 8.20. The Morgan fingerprint density at radius 3 is 2.45 bits per heavy atom. The van der Waals surface area contributed by atoms with Gasteiger partial charge in [0.25, 0.3) is 11.8 Å². The maximum absolute atomic E-state index is 12.7. The number of hydrogen-bond acceptors (Lipinski definition) is 6. The number of rotatable bonds is 4. The molecular formula is C26H33F2N5O4S. The van der Waals surface area contributed by atoms with Crippen molar-refractivity contribution in [1.29, 1.82) is 0 Å². The summed E-state index contributed by atoms with van der Waals surface area (Å²) in [6.07, 6.45) is 4.03. The Labute approximate surface area is 222 Å². The molecule has 38 heavy (non-hydrogen) atoms. The largest absolute Gasteiger partial charge is 0.378 e. The number of aromatic nitrogens is 2. The fourth-order valence-electron chi connectivity index (χ4n) is 5.18. The van der Waals surface area contributed by atoms with Crippen molar-refractivity contribution in [3.05, 3.63) is 35.5 Å². The predicted octanol–water partition coefficient (Wildman–Crippen LogP) is 2.51. The lowest BCUT2D eigenvalue weighted by atomic mass is 10.1. The van der Waals surface area contributed by atoms with E-state index in [1.54, 1.807) is 4.90 Å². The number of halogens is 2. The average Bonchev–Trinajstić information content (AvgIpc) is 3.35. The standard InChI is InChI=1S/C15H15N3O3S.C11H18F2N2O/c19-15(18-5-7-21-8-6-18)14-11-9-22(20)12-4-2-1-3-10(12)13(11)16-17-14;12-11(13)8-15(9-11)10(16)4-7-14-5-2-1-3-6-14/h1-4H,5-9H2,(H,16,17);1-9H2. The van der Waals surface area contributed by atoms with Crippen LogP contribution in [0, 0.1) is 0 Å². The summed E-state index contributed by atoms with van der Waals surface area (Å²) in [5, 5.41) is 7.17. The van der Waals surface area contributed by atoms with Gasteiger partial charge in [-0.15, -0.1) is 0 Å². The quantitative estimate of drug-likeness (QED) is 0.630. The molecule has 9 nitrogen and oxygen atoms in total.